The average molecular weight is 448 g/mol. The molecule has 0 aliphatic rings. The summed E-state index contributed by atoms with van der Waals surface area (Å²) >= 11 is 6.33. The van der Waals surface area contributed by atoms with E-state index in [1.807, 2.05) is 32.9 Å². The van der Waals surface area contributed by atoms with Gasteiger partial charge in [-0.05, 0) is 24.6 Å². The van der Waals surface area contributed by atoms with Gasteiger partial charge in [-0.3, -0.25) is 9.78 Å². The number of halogens is 1. The molecule has 2 N–H and O–H groups in total. The number of aromatic nitrogens is 3. The first-order valence-corrected chi connectivity index (χ1v) is 11.4. The normalized spacial score (nSPS) is 11.8. The number of hydrogen-bond donors (Lipinski definition) is 2. The van der Waals surface area contributed by atoms with Crippen molar-refractivity contribution in [1.29, 1.82) is 0 Å². The molecular weight excluding hydrogens is 414 g/mol. The van der Waals surface area contributed by atoms with Crippen molar-refractivity contribution in [3.8, 4) is 5.75 Å². The van der Waals surface area contributed by atoms with E-state index >= 15 is 0 Å². The van der Waals surface area contributed by atoms with Crippen LogP contribution in [-0.4, -0.2) is 28.0 Å². The summed E-state index contributed by atoms with van der Waals surface area (Å²) in [6, 6.07) is 5.49. The molecule has 1 heterocycles. The first-order valence-electron chi connectivity index (χ1n) is 11.0. The molecule has 0 atom stereocenters. The molecule has 2 rings (SSSR count). The SMILES string of the molecule is CCCCCCCCCOc1ccc(/C=N/Nc2nnc(C(C)(C)C)c(=O)[nH]2)c(Cl)c1. The first-order chi connectivity index (χ1) is 14.8. The lowest BCUT2D eigenvalue weighted by molar-refractivity contribution is 0.304. The zero-order valence-corrected chi connectivity index (χ0v) is 19.8. The molecule has 0 spiro atoms. The highest BCUT2D eigenvalue weighted by Gasteiger charge is 2.20. The molecule has 0 aliphatic carbocycles. The summed E-state index contributed by atoms with van der Waals surface area (Å²) in [4.78, 5) is 14.7. The number of hydrazone groups is 1. The maximum atomic E-state index is 12.1. The fraction of sp³-hybridized carbons (Fsp3) is 0.565. The van der Waals surface area contributed by atoms with Crippen LogP contribution in [0.1, 0.15) is 83.9 Å². The molecule has 31 heavy (non-hydrogen) atoms. The van der Waals surface area contributed by atoms with Crippen molar-refractivity contribution in [2.75, 3.05) is 12.0 Å². The predicted molar refractivity (Wildman–Crippen MR) is 128 cm³/mol. The summed E-state index contributed by atoms with van der Waals surface area (Å²) in [6.07, 6.45) is 10.3. The van der Waals surface area contributed by atoms with E-state index in [1.54, 1.807) is 12.3 Å². The number of hydrogen-bond acceptors (Lipinski definition) is 6. The minimum absolute atomic E-state index is 0.167. The van der Waals surface area contributed by atoms with Crippen LogP contribution in [0.4, 0.5) is 5.95 Å². The minimum Gasteiger partial charge on any atom is -0.494 e. The lowest BCUT2D eigenvalue weighted by Crippen LogP contribution is -2.28. The summed E-state index contributed by atoms with van der Waals surface area (Å²) in [7, 11) is 0. The molecule has 0 radical (unpaired) electrons. The summed E-state index contributed by atoms with van der Waals surface area (Å²) in [6.45, 7) is 8.63. The van der Waals surface area contributed by atoms with Gasteiger partial charge in [0.15, 0.2) is 0 Å². The molecule has 1 aromatic carbocycles. The molecule has 0 fully saturated rings. The van der Waals surface area contributed by atoms with Crippen LogP contribution in [0, 0.1) is 0 Å². The Bertz CT molecular complexity index is 906. The molecule has 2 aromatic rings. The lowest BCUT2D eigenvalue weighted by atomic mass is 9.93. The van der Waals surface area contributed by atoms with Gasteiger partial charge in [0.2, 0.25) is 5.95 Å². The number of unbranched alkanes of at least 4 members (excludes halogenated alkanes) is 6. The molecule has 1 aromatic heterocycles. The summed E-state index contributed by atoms with van der Waals surface area (Å²) in [5, 5.41) is 12.6. The van der Waals surface area contributed by atoms with E-state index in [2.05, 4.69) is 32.6 Å². The Labute approximate surface area is 189 Å². The Morgan fingerprint density at radius 3 is 2.48 bits per heavy atom. The van der Waals surface area contributed by atoms with Crippen molar-refractivity contribution in [3.63, 3.8) is 0 Å². The quantitative estimate of drug-likeness (QED) is 0.247. The molecule has 0 aliphatic heterocycles. The van der Waals surface area contributed by atoms with Gasteiger partial charge in [-0.1, -0.05) is 77.8 Å². The molecular formula is C23H34ClN5O2. The van der Waals surface area contributed by atoms with E-state index in [1.165, 1.54) is 38.5 Å². The Kier molecular flexibility index (Phi) is 9.98. The van der Waals surface area contributed by atoms with Gasteiger partial charge in [-0.25, -0.2) is 5.43 Å². The van der Waals surface area contributed by atoms with Crippen LogP contribution in [0.5, 0.6) is 5.75 Å². The fourth-order valence-electron chi connectivity index (χ4n) is 2.99. The lowest BCUT2D eigenvalue weighted by Gasteiger charge is -2.15. The van der Waals surface area contributed by atoms with Crippen LogP contribution in [-0.2, 0) is 5.41 Å². The second-order valence-corrected chi connectivity index (χ2v) is 9.03. The average Bonchev–Trinajstić information content (AvgIpc) is 2.70. The summed E-state index contributed by atoms with van der Waals surface area (Å²) in [5.41, 5.74) is 3.09. The maximum Gasteiger partial charge on any atom is 0.274 e. The summed E-state index contributed by atoms with van der Waals surface area (Å²) in [5.74, 6) is 0.911. The number of rotatable bonds is 12. The molecule has 0 unspecified atom stereocenters. The van der Waals surface area contributed by atoms with Crippen LogP contribution in [0.15, 0.2) is 28.1 Å². The van der Waals surface area contributed by atoms with Gasteiger partial charge in [-0.15, -0.1) is 10.2 Å². The monoisotopic (exact) mass is 447 g/mol. The first kappa shape index (κ1) is 24.9. The Morgan fingerprint density at radius 1 is 1.13 bits per heavy atom. The summed E-state index contributed by atoms with van der Waals surface area (Å²) < 4.78 is 5.79. The second-order valence-electron chi connectivity index (χ2n) is 8.62. The zero-order valence-electron chi connectivity index (χ0n) is 19.0. The Balaban J connectivity index is 1.81. The van der Waals surface area contributed by atoms with Crippen LogP contribution < -0.4 is 15.7 Å². The van der Waals surface area contributed by atoms with Gasteiger partial charge in [0, 0.05) is 11.0 Å². The predicted octanol–water partition coefficient (Wildman–Crippen LogP) is 5.69. The van der Waals surface area contributed by atoms with Crippen molar-refractivity contribution in [2.45, 2.75) is 78.1 Å². The van der Waals surface area contributed by atoms with Gasteiger partial charge in [0.05, 0.1) is 17.8 Å². The van der Waals surface area contributed by atoms with Gasteiger partial charge in [0.25, 0.3) is 5.56 Å². The molecule has 0 amide bonds. The van der Waals surface area contributed by atoms with E-state index in [9.17, 15) is 4.79 Å². The number of aromatic amines is 1. The van der Waals surface area contributed by atoms with Crippen LogP contribution in [0.3, 0.4) is 0 Å². The third-order valence-corrected chi connectivity index (χ3v) is 5.10. The van der Waals surface area contributed by atoms with Crippen molar-refractivity contribution < 1.29 is 4.74 Å². The maximum absolute atomic E-state index is 12.1. The third kappa shape index (κ3) is 8.69. The van der Waals surface area contributed by atoms with Crippen LogP contribution in [0.25, 0.3) is 0 Å². The second kappa shape index (κ2) is 12.4. The van der Waals surface area contributed by atoms with E-state index in [-0.39, 0.29) is 16.9 Å². The van der Waals surface area contributed by atoms with Crippen LogP contribution >= 0.6 is 11.6 Å². The molecule has 170 valence electrons. The van der Waals surface area contributed by atoms with Gasteiger partial charge in [0.1, 0.15) is 11.4 Å². The topological polar surface area (TPSA) is 92.3 Å². The van der Waals surface area contributed by atoms with Crippen molar-refractivity contribution in [1.82, 2.24) is 15.2 Å². The standard InChI is InChI=1S/C23H34ClN5O2/c1-5-6-7-8-9-10-11-14-31-18-13-12-17(19(24)15-18)16-25-28-22-26-21(30)20(27-29-22)23(2,3)4/h12-13,15-16H,5-11,14H2,1-4H3,(H2,26,28,29,30)/b25-16+. The van der Waals surface area contributed by atoms with E-state index < -0.39 is 0 Å². The number of ether oxygens (including phenoxy) is 1. The van der Waals surface area contributed by atoms with Crippen molar-refractivity contribution in [2.24, 2.45) is 5.10 Å². The fourth-order valence-corrected chi connectivity index (χ4v) is 3.21. The number of benzene rings is 1. The highest BCUT2D eigenvalue weighted by Crippen LogP contribution is 2.22. The molecule has 7 nitrogen and oxygen atoms in total. The number of nitrogens with zero attached hydrogens (tertiary/aromatic N) is 3. The molecule has 0 saturated carbocycles. The Hall–Kier alpha value is -2.41. The van der Waals surface area contributed by atoms with Crippen LogP contribution in [0.2, 0.25) is 5.02 Å². The molecule has 0 saturated heterocycles. The number of anilines is 1. The van der Waals surface area contributed by atoms with E-state index in [4.69, 9.17) is 16.3 Å². The highest BCUT2D eigenvalue weighted by atomic mass is 35.5. The minimum atomic E-state index is -0.381. The number of nitrogens with one attached hydrogen (secondary N) is 2. The molecule has 0 bridgehead atoms. The van der Waals surface area contributed by atoms with Crippen molar-refractivity contribution in [3.05, 3.63) is 44.8 Å². The Morgan fingerprint density at radius 2 is 1.84 bits per heavy atom. The third-order valence-electron chi connectivity index (χ3n) is 4.77. The van der Waals surface area contributed by atoms with E-state index in [0.29, 0.717) is 17.3 Å². The van der Waals surface area contributed by atoms with E-state index in [0.717, 1.165) is 17.7 Å². The zero-order chi connectivity index (χ0) is 22.7. The van der Waals surface area contributed by atoms with Gasteiger partial charge in [-0.2, -0.15) is 5.10 Å². The van der Waals surface area contributed by atoms with Gasteiger partial charge >= 0.3 is 0 Å². The molecule has 8 heteroatoms. The van der Waals surface area contributed by atoms with Gasteiger partial charge < -0.3 is 4.74 Å². The smallest absolute Gasteiger partial charge is 0.274 e. The number of H-pyrrole nitrogens is 1. The largest absolute Gasteiger partial charge is 0.494 e. The van der Waals surface area contributed by atoms with Crippen molar-refractivity contribution >= 4 is 23.8 Å². The highest BCUT2D eigenvalue weighted by molar-refractivity contribution is 6.33.